The monoisotopic (exact) mass is 313 g/mol. The van der Waals surface area contributed by atoms with Crippen molar-refractivity contribution < 1.29 is 0 Å². The van der Waals surface area contributed by atoms with Gasteiger partial charge in [0.1, 0.15) is 0 Å². The van der Waals surface area contributed by atoms with E-state index < -0.39 is 0 Å². The smallest absolute Gasteiger partial charge is 0.0834 e. The third kappa shape index (κ3) is 3.97. The van der Waals surface area contributed by atoms with E-state index in [0.717, 1.165) is 49.7 Å². The number of rotatable bonds is 6. The quantitative estimate of drug-likeness (QED) is 0.869. The molecule has 0 radical (unpaired) electrons. The number of hydrogen-bond donors (Lipinski definition) is 1. The first-order chi connectivity index (χ1) is 10.1. The van der Waals surface area contributed by atoms with E-state index in [1.807, 2.05) is 7.05 Å². The van der Waals surface area contributed by atoms with Gasteiger partial charge < -0.3 is 15.1 Å². The number of aromatic nitrogens is 2. The van der Waals surface area contributed by atoms with Gasteiger partial charge in [-0.05, 0) is 34.0 Å². The lowest BCUT2D eigenvalue weighted by atomic mass is 10.0. The molecule has 0 spiro atoms. The van der Waals surface area contributed by atoms with Crippen LogP contribution in [0.15, 0.2) is 6.20 Å². The normalized spacial score (nSPS) is 22.6. The van der Waals surface area contributed by atoms with E-state index in [0.29, 0.717) is 6.04 Å². The van der Waals surface area contributed by atoms with Gasteiger partial charge in [0.05, 0.1) is 23.0 Å². The SMILES string of the molecule is CCCn1ncc(Cl)c1C(CC1CN(C)CCN1C)NC. The van der Waals surface area contributed by atoms with Crippen molar-refractivity contribution in [3.05, 3.63) is 16.9 Å². The minimum atomic E-state index is 0.241. The summed E-state index contributed by atoms with van der Waals surface area (Å²) in [7, 11) is 6.43. The molecule has 120 valence electrons. The van der Waals surface area contributed by atoms with Gasteiger partial charge in [0.2, 0.25) is 0 Å². The van der Waals surface area contributed by atoms with E-state index in [9.17, 15) is 0 Å². The van der Waals surface area contributed by atoms with Crippen molar-refractivity contribution in [2.24, 2.45) is 0 Å². The lowest BCUT2D eigenvalue weighted by Crippen LogP contribution is -2.51. The summed E-state index contributed by atoms with van der Waals surface area (Å²) in [6.45, 7) is 6.46. The number of nitrogens with zero attached hydrogens (tertiary/aromatic N) is 4. The third-order valence-corrected chi connectivity index (χ3v) is 4.73. The molecule has 1 fully saturated rings. The van der Waals surface area contributed by atoms with Crippen molar-refractivity contribution in [2.75, 3.05) is 40.8 Å². The molecule has 1 aromatic heterocycles. The van der Waals surface area contributed by atoms with Crippen LogP contribution in [0.2, 0.25) is 5.02 Å². The molecule has 0 saturated carbocycles. The maximum atomic E-state index is 6.39. The summed E-state index contributed by atoms with van der Waals surface area (Å²) in [6.07, 6.45) is 3.88. The summed E-state index contributed by atoms with van der Waals surface area (Å²) < 4.78 is 2.05. The molecular formula is C15H28ClN5. The first kappa shape index (κ1) is 16.7. The average molecular weight is 314 g/mol. The fraction of sp³-hybridized carbons (Fsp3) is 0.800. The van der Waals surface area contributed by atoms with E-state index in [2.05, 4.69) is 45.9 Å². The van der Waals surface area contributed by atoms with Gasteiger partial charge in [0.15, 0.2) is 0 Å². The predicted octanol–water partition coefficient (Wildman–Crippen LogP) is 1.84. The van der Waals surface area contributed by atoms with Gasteiger partial charge in [-0.3, -0.25) is 4.68 Å². The van der Waals surface area contributed by atoms with Crippen LogP contribution in [-0.4, -0.2) is 66.4 Å². The minimum Gasteiger partial charge on any atom is -0.312 e. The molecule has 1 N–H and O–H groups in total. The average Bonchev–Trinajstić information content (AvgIpc) is 2.81. The highest BCUT2D eigenvalue weighted by Gasteiger charge is 2.28. The molecule has 1 saturated heterocycles. The van der Waals surface area contributed by atoms with Crippen LogP contribution < -0.4 is 5.32 Å². The fourth-order valence-corrected chi connectivity index (χ4v) is 3.38. The van der Waals surface area contributed by atoms with Gasteiger partial charge in [-0.25, -0.2) is 0 Å². The summed E-state index contributed by atoms with van der Waals surface area (Å²) in [5.74, 6) is 0. The summed E-state index contributed by atoms with van der Waals surface area (Å²) in [6, 6.07) is 0.785. The second kappa shape index (κ2) is 7.58. The second-order valence-corrected chi connectivity index (χ2v) is 6.48. The Morgan fingerprint density at radius 1 is 1.43 bits per heavy atom. The van der Waals surface area contributed by atoms with E-state index in [4.69, 9.17) is 11.6 Å². The van der Waals surface area contributed by atoms with Gasteiger partial charge in [0.25, 0.3) is 0 Å². The Hall–Kier alpha value is -0.620. The summed E-state index contributed by atoms with van der Waals surface area (Å²) in [5.41, 5.74) is 1.13. The second-order valence-electron chi connectivity index (χ2n) is 6.07. The van der Waals surface area contributed by atoms with Crippen LogP contribution in [-0.2, 0) is 6.54 Å². The summed E-state index contributed by atoms with van der Waals surface area (Å²) >= 11 is 6.39. The van der Waals surface area contributed by atoms with Gasteiger partial charge in [-0.2, -0.15) is 5.10 Å². The maximum absolute atomic E-state index is 6.39. The standard InChI is InChI=1S/C15H28ClN5/c1-5-6-21-15(13(16)10-18-21)14(17-2)9-12-11-19(3)7-8-20(12)4/h10,12,14,17H,5-9,11H2,1-4H3. The Labute approximate surface area is 133 Å². The molecule has 2 rings (SSSR count). The van der Waals surface area contributed by atoms with Crippen molar-refractivity contribution >= 4 is 11.6 Å². The molecule has 5 nitrogen and oxygen atoms in total. The largest absolute Gasteiger partial charge is 0.312 e. The van der Waals surface area contributed by atoms with Crippen molar-refractivity contribution in [2.45, 2.75) is 38.4 Å². The lowest BCUT2D eigenvalue weighted by molar-refractivity contribution is 0.101. The first-order valence-corrected chi connectivity index (χ1v) is 8.21. The molecular weight excluding hydrogens is 286 g/mol. The van der Waals surface area contributed by atoms with Gasteiger partial charge >= 0.3 is 0 Å². The number of aryl methyl sites for hydroxylation is 1. The fourth-order valence-electron chi connectivity index (χ4n) is 3.10. The topological polar surface area (TPSA) is 36.3 Å². The van der Waals surface area contributed by atoms with E-state index in [1.165, 1.54) is 0 Å². The molecule has 2 heterocycles. The predicted molar refractivity (Wildman–Crippen MR) is 87.9 cm³/mol. The number of nitrogens with one attached hydrogen (secondary N) is 1. The van der Waals surface area contributed by atoms with Crippen LogP contribution >= 0.6 is 11.6 Å². The molecule has 2 unspecified atom stereocenters. The summed E-state index contributed by atoms with van der Waals surface area (Å²) in [5, 5.41) is 8.63. The summed E-state index contributed by atoms with van der Waals surface area (Å²) in [4.78, 5) is 4.86. The van der Waals surface area contributed by atoms with Gasteiger partial charge in [-0.1, -0.05) is 18.5 Å². The van der Waals surface area contributed by atoms with Gasteiger partial charge in [0, 0.05) is 32.2 Å². The molecule has 0 aromatic carbocycles. The maximum Gasteiger partial charge on any atom is 0.0834 e. The number of hydrogen-bond acceptors (Lipinski definition) is 4. The van der Waals surface area contributed by atoms with Crippen molar-refractivity contribution in [3.63, 3.8) is 0 Å². The number of piperazine rings is 1. The first-order valence-electron chi connectivity index (χ1n) is 7.84. The van der Waals surface area contributed by atoms with Crippen molar-refractivity contribution in [1.82, 2.24) is 24.9 Å². The lowest BCUT2D eigenvalue weighted by Gasteiger charge is -2.39. The van der Waals surface area contributed by atoms with Crippen molar-refractivity contribution in [1.29, 1.82) is 0 Å². The molecule has 1 aliphatic heterocycles. The van der Waals surface area contributed by atoms with Crippen LogP contribution in [0.5, 0.6) is 0 Å². The third-order valence-electron chi connectivity index (χ3n) is 4.44. The molecule has 0 bridgehead atoms. The molecule has 0 aliphatic carbocycles. The molecule has 2 atom stereocenters. The molecule has 1 aromatic rings. The number of halogens is 1. The molecule has 6 heteroatoms. The van der Waals surface area contributed by atoms with E-state index >= 15 is 0 Å². The Morgan fingerprint density at radius 3 is 2.86 bits per heavy atom. The Bertz CT molecular complexity index is 447. The van der Waals surface area contributed by atoms with E-state index in [1.54, 1.807) is 6.20 Å². The Morgan fingerprint density at radius 2 is 2.19 bits per heavy atom. The van der Waals surface area contributed by atoms with Crippen LogP contribution in [0.25, 0.3) is 0 Å². The highest BCUT2D eigenvalue weighted by Crippen LogP contribution is 2.28. The minimum absolute atomic E-state index is 0.241. The zero-order valence-electron chi connectivity index (χ0n) is 13.6. The van der Waals surface area contributed by atoms with Crippen LogP contribution in [0.3, 0.4) is 0 Å². The molecule has 21 heavy (non-hydrogen) atoms. The van der Waals surface area contributed by atoms with Crippen molar-refractivity contribution in [3.8, 4) is 0 Å². The van der Waals surface area contributed by atoms with E-state index in [-0.39, 0.29) is 6.04 Å². The zero-order valence-corrected chi connectivity index (χ0v) is 14.4. The van der Waals surface area contributed by atoms with Crippen LogP contribution in [0.1, 0.15) is 31.5 Å². The highest BCUT2D eigenvalue weighted by atomic mass is 35.5. The molecule has 0 amide bonds. The number of likely N-dealkylation sites (N-methyl/N-ethyl adjacent to an activating group) is 2. The molecule has 1 aliphatic rings. The Kier molecular flexibility index (Phi) is 6.05. The van der Waals surface area contributed by atoms with Crippen LogP contribution in [0, 0.1) is 0 Å². The zero-order chi connectivity index (χ0) is 15.4. The van der Waals surface area contributed by atoms with Gasteiger partial charge in [-0.15, -0.1) is 0 Å². The van der Waals surface area contributed by atoms with Crippen LogP contribution in [0.4, 0.5) is 0 Å². The Balaban J connectivity index is 2.14. The highest BCUT2D eigenvalue weighted by molar-refractivity contribution is 6.31.